The molecule has 0 aromatic carbocycles. The van der Waals surface area contributed by atoms with Gasteiger partial charge in [0.2, 0.25) is 0 Å². The van der Waals surface area contributed by atoms with E-state index >= 15 is 0 Å². The maximum Gasteiger partial charge on any atom is 0.253 e. The number of hydrogen-bond donors (Lipinski definition) is 2. The summed E-state index contributed by atoms with van der Waals surface area (Å²) in [6.45, 7) is 4.64. The Bertz CT molecular complexity index is 418. The molecule has 1 aromatic rings. The summed E-state index contributed by atoms with van der Waals surface area (Å²) in [6, 6.07) is 3.29. The lowest BCUT2D eigenvalue weighted by Crippen LogP contribution is -2.50. The number of nitrogens with two attached hydrogens (primary N) is 1. The third kappa shape index (κ3) is 2.39. The fraction of sp³-hybridized carbons (Fsp3) is 0.500. The summed E-state index contributed by atoms with van der Waals surface area (Å²) in [7, 11) is 0. The molecule has 1 aliphatic heterocycles. The number of pyridine rings is 1. The third-order valence-electron chi connectivity index (χ3n) is 3.33. The van der Waals surface area contributed by atoms with Gasteiger partial charge in [0.25, 0.3) is 5.91 Å². The van der Waals surface area contributed by atoms with Crippen LogP contribution in [0.5, 0.6) is 0 Å². The van der Waals surface area contributed by atoms with Crippen molar-refractivity contribution in [3.8, 4) is 0 Å². The molecule has 0 radical (unpaired) electrons. The first kappa shape index (κ1) is 11.9. The van der Waals surface area contributed by atoms with E-state index in [0.717, 1.165) is 6.42 Å². The van der Waals surface area contributed by atoms with Crippen molar-refractivity contribution in [3.63, 3.8) is 0 Å². The van der Waals surface area contributed by atoms with E-state index in [-0.39, 0.29) is 17.6 Å². The molecule has 2 heterocycles. The molecule has 5 heteroatoms. The number of carbonyl (C=O) groups excluding carboxylic acids is 1. The average Bonchev–Trinajstić information content (AvgIpc) is 2.60. The summed E-state index contributed by atoms with van der Waals surface area (Å²) < 4.78 is 5.47. The quantitative estimate of drug-likeness (QED) is 0.800. The molecule has 3 N–H and O–H groups in total. The number of nitrogens with zero attached hydrogens (tertiary/aromatic N) is 1. The van der Waals surface area contributed by atoms with Crippen LogP contribution in [0.3, 0.4) is 0 Å². The van der Waals surface area contributed by atoms with Crippen molar-refractivity contribution in [1.82, 2.24) is 10.3 Å². The van der Waals surface area contributed by atoms with Crippen molar-refractivity contribution in [2.75, 3.05) is 12.3 Å². The minimum Gasteiger partial charge on any atom is -0.384 e. The highest BCUT2D eigenvalue weighted by molar-refractivity contribution is 5.94. The normalized spacial score (nSPS) is 28.0. The standard InChI is InChI=1S/C12H17N3O2/c1-8-12(2,5-6-17-8)15-11(16)9-3-4-10(13)14-7-9/h3-4,7-8H,5-6H2,1-2H3,(H2,13,14)(H,15,16). The van der Waals surface area contributed by atoms with Gasteiger partial charge in [-0.1, -0.05) is 0 Å². The Kier molecular flexibility index (Phi) is 3.02. The van der Waals surface area contributed by atoms with Gasteiger partial charge < -0.3 is 15.8 Å². The van der Waals surface area contributed by atoms with E-state index in [9.17, 15) is 4.79 Å². The Morgan fingerprint density at radius 3 is 2.94 bits per heavy atom. The fourth-order valence-corrected chi connectivity index (χ4v) is 1.87. The van der Waals surface area contributed by atoms with Crippen molar-refractivity contribution in [3.05, 3.63) is 23.9 Å². The van der Waals surface area contributed by atoms with Gasteiger partial charge in [-0.05, 0) is 32.4 Å². The summed E-state index contributed by atoms with van der Waals surface area (Å²) in [5, 5.41) is 3.00. The van der Waals surface area contributed by atoms with Gasteiger partial charge in [-0.15, -0.1) is 0 Å². The summed E-state index contributed by atoms with van der Waals surface area (Å²) >= 11 is 0. The Balaban J connectivity index is 2.09. The van der Waals surface area contributed by atoms with Crippen molar-refractivity contribution in [2.24, 2.45) is 0 Å². The molecule has 17 heavy (non-hydrogen) atoms. The number of hydrogen-bond acceptors (Lipinski definition) is 4. The number of amides is 1. The molecule has 0 aliphatic carbocycles. The number of carbonyl (C=O) groups is 1. The molecular weight excluding hydrogens is 218 g/mol. The molecular formula is C12H17N3O2. The summed E-state index contributed by atoms with van der Waals surface area (Å²) in [5.74, 6) is 0.266. The molecule has 1 aromatic heterocycles. The van der Waals surface area contributed by atoms with Crippen molar-refractivity contribution in [2.45, 2.75) is 31.9 Å². The lowest BCUT2D eigenvalue weighted by atomic mass is 9.94. The highest BCUT2D eigenvalue weighted by atomic mass is 16.5. The topological polar surface area (TPSA) is 77.2 Å². The zero-order valence-corrected chi connectivity index (χ0v) is 10.1. The van der Waals surface area contributed by atoms with Gasteiger partial charge in [0.15, 0.2) is 0 Å². The Morgan fingerprint density at radius 2 is 2.41 bits per heavy atom. The maximum atomic E-state index is 12.0. The number of nitrogens with one attached hydrogen (secondary N) is 1. The van der Waals surface area contributed by atoms with Gasteiger partial charge in [0.05, 0.1) is 17.2 Å². The predicted octanol–water partition coefficient (Wildman–Crippen LogP) is 0.961. The van der Waals surface area contributed by atoms with E-state index in [1.807, 2.05) is 13.8 Å². The van der Waals surface area contributed by atoms with E-state index < -0.39 is 0 Å². The molecule has 2 unspecified atom stereocenters. The Morgan fingerprint density at radius 1 is 1.65 bits per heavy atom. The second-order valence-corrected chi connectivity index (χ2v) is 4.61. The van der Waals surface area contributed by atoms with Crippen LogP contribution < -0.4 is 11.1 Å². The Hall–Kier alpha value is -1.62. The summed E-state index contributed by atoms with van der Waals surface area (Å²) in [4.78, 5) is 15.9. The molecule has 0 bridgehead atoms. The van der Waals surface area contributed by atoms with Crippen molar-refractivity contribution in [1.29, 1.82) is 0 Å². The zero-order chi connectivity index (χ0) is 12.5. The van der Waals surface area contributed by atoms with Crippen molar-refractivity contribution >= 4 is 11.7 Å². The molecule has 2 rings (SSSR count). The number of aromatic nitrogens is 1. The van der Waals surface area contributed by atoms with Crippen LogP contribution in [0.2, 0.25) is 0 Å². The Labute approximate surface area is 100 Å². The van der Waals surface area contributed by atoms with E-state index in [1.54, 1.807) is 12.1 Å². The number of ether oxygens (including phenoxy) is 1. The van der Waals surface area contributed by atoms with Gasteiger partial charge >= 0.3 is 0 Å². The van der Waals surface area contributed by atoms with Gasteiger partial charge in [-0.2, -0.15) is 0 Å². The summed E-state index contributed by atoms with van der Waals surface area (Å²) in [6.07, 6.45) is 2.32. The van der Waals surface area contributed by atoms with Gasteiger partial charge in [-0.3, -0.25) is 4.79 Å². The van der Waals surface area contributed by atoms with E-state index in [2.05, 4.69) is 10.3 Å². The predicted molar refractivity (Wildman–Crippen MR) is 64.6 cm³/mol. The largest absolute Gasteiger partial charge is 0.384 e. The van der Waals surface area contributed by atoms with Crippen LogP contribution in [0.4, 0.5) is 5.82 Å². The SMILES string of the molecule is CC1OCCC1(C)NC(=O)c1ccc(N)nc1. The van der Waals surface area contributed by atoms with Crippen LogP contribution in [-0.4, -0.2) is 29.1 Å². The van der Waals surface area contributed by atoms with E-state index in [1.165, 1.54) is 6.20 Å². The molecule has 1 amide bonds. The van der Waals surface area contributed by atoms with E-state index in [4.69, 9.17) is 10.5 Å². The first-order valence-corrected chi connectivity index (χ1v) is 5.67. The van der Waals surface area contributed by atoms with Crippen LogP contribution in [0, 0.1) is 0 Å². The molecule has 0 saturated carbocycles. The monoisotopic (exact) mass is 235 g/mol. The molecule has 1 fully saturated rings. The number of rotatable bonds is 2. The molecule has 1 saturated heterocycles. The van der Waals surface area contributed by atoms with E-state index in [0.29, 0.717) is 18.0 Å². The highest BCUT2D eigenvalue weighted by Gasteiger charge is 2.38. The molecule has 1 aliphatic rings. The fourth-order valence-electron chi connectivity index (χ4n) is 1.87. The van der Waals surface area contributed by atoms with Gasteiger partial charge in [0.1, 0.15) is 5.82 Å². The highest BCUT2D eigenvalue weighted by Crippen LogP contribution is 2.25. The first-order chi connectivity index (χ1) is 8.01. The first-order valence-electron chi connectivity index (χ1n) is 5.67. The number of anilines is 1. The van der Waals surface area contributed by atoms with Gasteiger partial charge in [0, 0.05) is 12.8 Å². The van der Waals surface area contributed by atoms with Crippen molar-refractivity contribution < 1.29 is 9.53 Å². The third-order valence-corrected chi connectivity index (χ3v) is 3.33. The smallest absolute Gasteiger partial charge is 0.253 e. The minimum absolute atomic E-state index is 0.0215. The maximum absolute atomic E-state index is 12.0. The lowest BCUT2D eigenvalue weighted by Gasteiger charge is -2.28. The molecule has 0 spiro atoms. The van der Waals surface area contributed by atoms with Crippen LogP contribution in [0.15, 0.2) is 18.3 Å². The average molecular weight is 235 g/mol. The molecule has 5 nitrogen and oxygen atoms in total. The second-order valence-electron chi connectivity index (χ2n) is 4.61. The van der Waals surface area contributed by atoms with Crippen LogP contribution in [0.1, 0.15) is 30.6 Å². The zero-order valence-electron chi connectivity index (χ0n) is 10.1. The van der Waals surface area contributed by atoms with Crippen LogP contribution in [-0.2, 0) is 4.74 Å². The minimum atomic E-state index is -0.307. The molecule has 2 atom stereocenters. The molecule has 92 valence electrons. The van der Waals surface area contributed by atoms with Crippen LogP contribution in [0.25, 0.3) is 0 Å². The second kappa shape index (κ2) is 4.33. The van der Waals surface area contributed by atoms with Gasteiger partial charge in [-0.25, -0.2) is 4.98 Å². The van der Waals surface area contributed by atoms with Crippen LogP contribution >= 0.6 is 0 Å². The summed E-state index contributed by atoms with van der Waals surface area (Å²) in [5.41, 5.74) is 5.68. The lowest BCUT2D eigenvalue weighted by molar-refractivity contribution is 0.0727. The number of nitrogen functional groups attached to an aromatic ring is 1.